The highest BCUT2D eigenvalue weighted by Crippen LogP contribution is 2.27. The molecule has 10 heteroatoms. The summed E-state index contributed by atoms with van der Waals surface area (Å²) in [6, 6.07) is 12.8. The van der Waals surface area contributed by atoms with Crippen molar-refractivity contribution in [1.82, 2.24) is 34.9 Å². The molecule has 1 saturated heterocycles. The Bertz CT molecular complexity index is 1320. The number of H-pyrrole nitrogens is 1. The second-order valence-electron chi connectivity index (χ2n) is 9.70. The minimum atomic E-state index is -0.269. The summed E-state index contributed by atoms with van der Waals surface area (Å²) in [4.78, 5) is 20.7. The SMILES string of the molecule is O=C(CC(c1ccc(F)cc1)N1CCN(CCCc2c[nH]c3ccc(-n4cnnc4)cc23)CC1)NCCCl. The molecule has 1 atom stereocenters. The van der Waals surface area contributed by atoms with Crippen molar-refractivity contribution in [1.29, 1.82) is 0 Å². The Morgan fingerprint density at radius 1 is 1.08 bits per heavy atom. The average Bonchev–Trinajstić information content (AvgIpc) is 3.62. The zero-order chi connectivity index (χ0) is 26.3. The number of aryl methyl sites for hydroxylation is 1. The summed E-state index contributed by atoms with van der Waals surface area (Å²) in [5.74, 6) is 0.0793. The summed E-state index contributed by atoms with van der Waals surface area (Å²) in [5, 5.41) is 11.9. The van der Waals surface area contributed by atoms with Gasteiger partial charge in [-0.15, -0.1) is 21.8 Å². The van der Waals surface area contributed by atoms with E-state index in [1.807, 2.05) is 4.57 Å². The number of nitrogens with one attached hydrogen (secondary N) is 2. The number of rotatable bonds is 11. The van der Waals surface area contributed by atoms with E-state index in [2.05, 4.69) is 54.7 Å². The summed E-state index contributed by atoms with van der Waals surface area (Å²) in [6.07, 6.45) is 7.91. The van der Waals surface area contributed by atoms with Crippen LogP contribution in [-0.4, -0.2) is 80.6 Å². The first-order chi connectivity index (χ1) is 18.6. The first-order valence-electron chi connectivity index (χ1n) is 13.1. The number of piperazine rings is 1. The van der Waals surface area contributed by atoms with E-state index in [-0.39, 0.29) is 17.8 Å². The lowest BCUT2D eigenvalue weighted by atomic mass is 10.00. The summed E-state index contributed by atoms with van der Waals surface area (Å²) >= 11 is 5.73. The van der Waals surface area contributed by atoms with E-state index in [0.29, 0.717) is 18.8 Å². The summed E-state index contributed by atoms with van der Waals surface area (Å²) in [7, 11) is 0. The topological polar surface area (TPSA) is 82.1 Å². The molecule has 3 heterocycles. The molecule has 0 radical (unpaired) electrons. The molecule has 5 rings (SSSR count). The molecule has 4 aromatic rings. The van der Waals surface area contributed by atoms with Crippen LogP contribution < -0.4 is 5.32 Å². The number of aromatic nitrogens is 4. The van der Waals surface area contributed by atoms with Gasteiger partial charge in [-0.05, 0) is 60.8 Å². The van der Waals surface area contributed by atoms with Gasteiger partial charge in [0.15, 0.2) is 0 Å². The number of hydrogen-bond donors (Lipinski definition) is 2. The molecular weight excluding hydrogens is 505 g/mol. The van der Waals surface area contributed by atoms with Gasteiger partial charge < -0.3 is 15.2 Å². The molecule has 2 N–H and O–H groups in total. The van der Waals surface area contributed by atoms with Crippen LogP contribution >= 0.6 is 11.6 Å². The van der Waals surface area contributed by atoms with Gasteiger partial charge in [-0.1, -0.05) is 12.1 Å². The van der Waals surface area contributed by atoms with E-state index in [0.717, 1.165) is 62.3 Å². The first-order valence-corrected chi connectivity index (χ1v) is 13.6. The van der Waals surface area contributed by atoms with E-state index in [1.165, 1.54) is 23.1 Å². The number of benzene rings is 2. The van der Waals surface area contributed by atoms with Crippen LogP contribution in [0.15, 0.2) is 61.3 Å². The minimum Gasteiger partial charge on any atom is -0.361 e. The number of amides is 1. The van der Waals surface area contributed by atoms with Gasteiger partial charge in [-0.2, -0.15) is 0 Å². The third-order valence-electron chi connectivity index (χ3n) is 7.29. The Balaban J connectivity index is 1.16. The standard InChI is InChI=1S/C28H33ClFN7O/c29-9-10-31-28(38)17-27(21-3-5-23(30)6-4-21)36-14-12-35(13-15-36)11-1-2-22-18-32-26-8-7-24(16-25(22)26)37-19-33-34-20-37/h3-8,16,18-20,27,32H,1-2,9-15,17H2,(H,31,38). The molecule has 0 bridgehead atoms. The fraction of sp³-hybridized carbons (Fsp3) is 0.393. The normalized spacial score (nSPS) is 15.6. The Hall–Kier alpha value is -3.27. The van der Waals surface area contributed by atoms with Crippen molar-refractivity contribution in [3.05, 3.63) is 78.3 Å². The maximum absolute atomic E-state index is 13.5. The Labute approximate surface area is 226 Å². The lowest BCUT2D eigenvalue weighted by Crippen LogP contribution is -2.48. The molecule has 2 aromatic carbocycles. The van der Waals surface area contributed by atoms with Crippen molar-refractivity contribution < 1.29 is 9.18 Å². The average molecular weight is 538 g/mol. The molecule has 1 aliphatic heterocycles. The van der Waals surface area contributed by atoms with Crippen molar-refractivity contribution in [2.24, 2.45) is 0 Å². The molecular formula is C28H33ClFN7O. The van der Waals surface area contributed by atoms with Crippen molar-refractivity contribution in [3.63, 3.8) is 0 Å². The smallest absolute Gasteiger partial charge is 0.221 e. The Morgan fingerprint density at radius 3 is 2.58 bits per heavy atom. The number of aromatic amines is 1. The lowest BCUT2D eigenvalue weighted by Gasteiger charge is -2.39. The fourth-order valence-electron chi connectivity index (χ4n) is 5.24. The molecule has 1 amide bonds. The predicted octanol–water partition coefficient (Wildman–Crippen LogP) is 3.92. The van der Waals surface area contributed by atoms with Crippen LogP contribution in [0.25, 0.3) is 16.6 Å². The molecule has 1 aliphatic rings. The van der Waals surface area contributed by atoms with Gasteiger partial charge in [-0.25, -0.2) is 4.39 Å². The van der Waals surface area contributed by atoms with Gasteiger partial charge in [0.05, 0.1) is 0 Å². The van der Waals surface area contributed by atoms with E-state index in [4.69, 9.17) is 11.6 Å². The van der Waals surface area contributed by atoms with Gasteiger partial charge >= 0.3 is 0 Å². The molecule has 200 valence electrons. The van der Waals surface area contributed by atoms with E-state index in [1.54, 1.807) is 24.8 Å². The maximum atomic E-state index is 13.5. The van der Waals surface area contributed by atoms with Crippen LogP contribution in [0.3, 0.4) is 0 Å². The van der Waals surface area contributed by atoms with E-state index in [9.17, 15) is 9.18 Å². The van der Waals surface area contributed by atoms with E-state index >= 15 is 0 Å². The zero-order valence-electron chi connectivity index (χ0n) is 21.3. The van der Waals surface area contributed by atoms with Crippen LogP contribution in [0.2, 0.25) is 0 Å². The Kier molecular flexibility index (Phi) is 8.68. The van der Waals surface area contributed by atoms with Crippen LogP contribution in [0.5, 0.6) is 0 Å². The van der Waals surface area contributed by atoms with Gasteiger partial charge in [0.2, 0.25) is 5.91 Å². The number of nitrogens with zero attached hydrogens (tertiary/aromatic N) is 5. The molecule has 0 saturated carbocycles. The largest absolute Gasteiger partial charge is 0.361 e. The predicted molar refractivity (Wildman–Crippen MR) is 147 cm³/mol. The minimum absolute atomic E-state index is 0.0337. The van der Waals surface area contributed by atoms with Gasteiger partial charge in [-0.3, -0.25) is 14.3 Å². The third-order valence-corrected chi connectivity index (χ3v) is 7.48. The second kappa shape index (κ2) is 12.5. The number of carbonyl (C=O) groups is 1. The fourth-order valence-corrected chi connectivity index (χ4v) is 5.33. The van der Waals surface area contributed by atoms with Gasteiger partial charge in [0, 0.05) is 73.9 Å². The molecule has 38 heavy (non-hydrogen) atoms. The second-order valence-corrected chi connectivity index (χ2v) is 10.1. The van der Waals surface area contributed by atoms with Crippen molar-refractivity contribution in [3.8, 4) is 5.69 Å². The monoisotopic (exact) mass is 537 g/mol. The number of alkyl halides is 1. The highest BCUT2D eigenvalue weighted by molar-refractivity contribution is 6.18. The Morgan fingerprint density at radius 2 is 1.84 bits per heavy atom. The molecule has 0 spiro atoms. The van der Waals surface area contributed by atoms with Crippen LogP contribution in [0.4, 0.5) is 4.39 Å². The maximum Gasteiger partial charge on any atom is 0.221 e. The van der Waals surface area contributed by atoms with Gasteiger partial charge in [0.1, 0.15) is 18.5 Å². The summed E-state index contributed by atoms with van der Waals surface area (Å²) < 4.78 is 15.5. The number of carbonyl (C=O) groups excluding carboxylic acids is 1. The molecule has 8 nitrogen and oxygen atoms in total. The van der Waals surface area contributed by atoms with Crippen LogP contribution in [0, 0.1) is 5.82 Å². The first kappa shape index (κ1) is 26.3. The van der Waals surface area contributed by atoms with E-state index < -0.39 is 0 Å². The highest BCUT2D eigenvalue weighted by atomic mass is 35.5. The van der Waals surface area contributed by atoms with Gasteiger partial charge in [0.25, 0.3) is 0 Å². The highest BCUT2D eigenvalue weighted by Gasteiger charge is 2.27. The van der Waals surface area contributed by atoms with Crippen molar-refractivity contribution >= 4 is 28.4 Å². The van der Waals surface area contributed by atoms with Crippen molar-refractivity contribution in [2.45, 2.75) is 25.3 Å². The zero-order valence-corrected chi connectivity index (χ0v) is 22.1. The lowest BCUT2D eigenvalue weighted by molar-refractivity contribution is -0.122. The molecule has 0 aliphatic carbocycles. The summed E-state index contributed by atoms with van der Waals surface area (Å²) in [5.41, 5.74) is 4.46. The number of hydrogen-bond acceptors (Lipinski definition) is 5. The number of fused-ring (bicyclic) bond motifs is 1. The van der Waals surface area contributed by atoms with Crippen LogP contribution in [0.1, 0.15) is 30.0 Å². The third kappa shape index (κ3) is 6.40. The quantitative estimate of drug-likeness (QED) is 0.283. The summed E-state index contributed by atoms with van der Waals surface area (Å²) in [6.45, 7) is 5.06. The molecule has 1 fully saturated rings. The van der Waals surface area contributed by atoms with Crippen molar-refractivity contribution in [2.75, 3.05) is 45.1 Å². The molecule has 2 aromatic heterocycles. The number of halogens is 2. The van der Waals surface area contributed by atoms with Crippen LogP contribution in [-0.2, 0) is 11.2 Å². The molecule has 1 unspecified atom stereocenters.